The lowest BCUT2D eigenvalue weighted by Gasteiger charge is -2.28. The number of carbonyl (C=O) groups is 2. The minimum Gasteiger partial charge on any atom is -0.397 e. The number of benzene rings is 3. The van der Waals surface area contributed by atoms with Crippen LogP contribution in [0.25, 0.3) is 6.08 Å². The molecule has 0 unspecified atom stereocenters. The summed E-state index contributed by atoms with van der Waals surface area (Å²) in [6.45, 7) is 0.459. The van der Waals surface area contributed by atoms with Crippen molar-refractivity contribution in [2.45, 2.75) is 44.7 Å². The second kappa shape index (κ2) is 11.9. The maximum Gasteiger partial charge on any atom is 0.322 e. The second-order valence-corrected chi connectivity index (χ2v) is 8.86. The van der Waals surface area contributed by atoms with Gasteiger partial charge >= 0.3 is 6.03 Å². The molecule has 0 saturated heterocycles. The molecule has 0 aliphatic heterocycles. The van der Waals surface area contributed by atoms with Crippen molar-refractivity contribution in [3.8, 4) is 0 Å². The summed E-state index contributed by atoms with van der Waals surface area (Å²) in [7, 11) is 0. The summed E-state index contributed by atoms with van der Waals surface area (Å²) in [5.74, 6) is -0.249. The molecule has 0 aromatic heterocycles. The molecule has 3 aromatic carbocycles. The first-order chi connectivity index (χ1) is 17.1. The number of hydrogen-bond acceptors (Lipinski definition) is 3. The largest absolute Gasteiger partial charge is 0.397 e. The van der Waals surface area contributed by atoms with Crippen LogP contribution in [0.5, 0.6) is 0 Å². The summed E-state index contributed by atoms with van der Waals surface area (Å²) >= 11 is 0. The van der Waals surface area contributed by atoms with Crippen molar-refractivity contribution < 1.29 is 9.59 Å². The zero-order chi connectivity index (χ0) is 24.5. The lowest BCUT2D eigenvalue weighted by atomic mass is 9.96. The Hall–Kier alpha value is -4.06. The van der Waals surface area contributed by atoms with Crippen LogP contribution in [0.2, 0.25) is 0 Å². The standard InChI is InChI=1S/C29H32N4O2/c30-26-13-7-8-14-27(26)32-28(34)20-19-22-15-17-23(18-16-22)21-33(25-11-5-2-6-12-25)29(35)31-24-9-3-1-4-10-24/h2,5-8,11-20,24H,1,3-4,9-10,21,30H2,(H,31,35)(H,32,34)/b20-19+. The molecule has 1 aliphatic carbocycles. The van der Waals surface area contributed by atoms with Crippen LogP contribution in [0, 0.1) is 0 Å². The summed E-state index contributed by atoms with van der Waals surface area (Å²) in [5, 5.41) is 6.01. The molecule has 6 heteroatoms. The van der Waals surface area contributed by atoms with E-state index in [2.05, 4.69) is 10.6 Å². The van der Waals surface area contributed by atoms with Crippen molar-refractivity contribution in [3.05, 3.63) is 96.1 Å². The Morgan fingerprint density at radius 3 is 2.29 bits per heavy atom. The number of nitrogens with zero attached hydrogens (tertiary/aromatic N) is 1. The van der Waals surface area contributed by atoms with E-state index in [1.54, 1.807) is 23.1 Å². The van der Waals surface area contributed by atoms with Gasteiger partial charge in [-0.1, -0.05) is 73.9 Å². The predicted octanol–water partition coefficient (Wildman–Crippen LogP) is 5.97. The van der Waals surface area contributed by atoms with E-state index in [1.807, 2.05) is 66.7 Å². The van der Waals surface area contributed by atoms with Crippen LogP contribution in [0.15, 0.2) is 84.9 Å². The summed E-state index contributed by atoms with van der Waals surface area (Å²) < 4.78 is 0. The smallest absolute Gasteiger partial charge is 0.322 e. The van der Waals surface area contributed by atoms with Crippen molar-refractivity contribution in [2.75, 3.05) is 16.0 Å². The van der Waals surface area contributed by atoms with E-state index in [0.717, 1.165) is 29.7 Å². The third-order valence-corrected chi connectivity index (χ3v) is 6.21. The van der Waals surface area contributed by atoms with E-state index in [4.69, 9.17) is 5.73 Å². The fourth-order valence-corrected chi connectivity index (χ4v) is 4.26. The molecule has 4 rings (SSSR count). The van der Waals surface area contributed by atoms with Gasteiger partial charge in [-0.3, -0.25) is 9.69 Å². The fraction of sp³-hybridized carbons (Fsp3) is 0.241. The van der Waals surface area contributed by atoms with Crippen LogP contribution < -0.4 is 21.3 Å². The number of amides is 3. The van der Waals surface area contributed by atoms with Gasteiger partial charge in [0.1, 0.15) is 0 Å². The summed E-state index contributed by atoms with van der Waals surface area (Å²) in [6.07, 6.45) is 8.90. The van der Waals surface area contributed by atoms with Gasteiger partial charge in [0.15, 0.2) is 0 Å². The first-order valence-electron chi connectivity index (χ1n) is 12.1. The predicted molar refractivity (Wildman–Crippen MR) is 143 cm³/mol. The molecule has 0 spiro atoms. The number of hydrogen-bond donors (Lipinski definition) is 3. The quantitative estimate of drug-likeness (QED) is 0.295. The van der Waals surface area contributed by atoms with E-state index in [9.17, 15) is 9.59 Å². The number of nitrogen functional groups attached to an aromatic ring is 1. The molecule has 0 radical (unpaired) electrons. The number of nitrogens with two attached hydrogens (primary N) is 1. The van der Waals surface area contributed by atoms with Crippen molar-refractivity contribution in [2.24, 2.45) is 0 Å². The number of nitrogens with one attached hydrogen (secondary N) is 2. The molecule has 3 amide bonds. The monoisotopic (exact) mass is 468 g/mol. The highest BCUT2D eigenvalue weighted by atomic mass is 16.2. The molecule has 4 N–H and O–H groups in total. The minimum atomic E-state index is -0.249. The molecular weight excluding hydrogens is 436 g/mol. The number of urea groups is 1. The van der Waals surface area contributed by atoms with Crippen molar-refractivity contribution in [1.82, 2.24) is 5.32 Å². The SMILES string of the molecule is Nc1ccccc1NC(=O)/C=C/c1ccc(CN(C(=O)NC2CCCCC2)c2ccccc2)cc1. The molecule has 6 nitrogen and oxygen atoms in total. The van der Waals surface area contributed by atoms with E-state index in [-0.39, 0.29) is 18.0 Å². The van der Waals surface area contributed by atoms with Gasteiger partial charge in [-0.15, -0.1) is 0 Å². The molecule has 3 aromatic rings. The van der Waals surface area contributed by atoms with Gasteiger partial charge in [0.2, 0.25) is 5.91 Å². The fourth-order valence-electron chi connectivity index (χ4n) is 4.26. The molecule has 0 heterocycles. The summed E-state index contributed by atoms with van der Waals surface area (Å²) in [5.41, 5.74) is 9.75. The molecule has 180 valence electrons. The number of carbonyl (C=O) groups excluding carboxylic acids is 2. The zero-order valence-electron chi connectivity index (χ0n) is 19.8. The third-order valence-electron chi connectivity index (χ3n) is 6.21. The second-order valence-electron chi connectivity index (χ2n) is 8.86. The molecule has 1 fully saturated rings. The van der Waals surface area contributed by atoms with Crippen molar-refractivity contribution >= 4 is 35.1 Å². The van der Waals surface area contributed by atoms with Gasteiger partial charge in [-0.2, -0.15) is 0 Å². The number of para-hydroxylation sites is 3. The first-order valence-corrected chi connectivity index (χ1v) is 12.1. The highest BCUT2D eigenvalue weighted by Gasteiger charge is 2.21. The highest BCUT2D eigenvalue weighted by Crippen LogP contribution is 2.21. The van der Waals surface area contributed by atoms with Crippen LogP contribution in [-0.2, 0) is 11.3 Å². The van der Waals surface area contributed by atoms with E-state index in [0.29, 0.717) is 17.9 Å². The summed E-state index contributed by atoms with van der Waals surface area (Å²) in [6, 6.07) is 24.9. The van der Waals surface area contributed by atoms with Crippen LogP contribution >= 0.6 is 0 Å². The topological polar surface area (TPSA) is 87.5 Å². The van der Waals surface area contributed by atoms with E-state index >= 15 is 0 Å². The maximum atomic E-state index is 13.2. The van der Waals surface area contributed by atoms with Gasteiger partial charge in [-0.05, 0) is 54.3 Å². The van der Waals surface area contributed by atoms with Crippen LogP contribution in [0.4, 0.5) is 21.9 Å². The Morgan fingerprint density at radius 2 is 1.57 bits per heavy atom. The Bertz CT molecular complexity index is 1150. The van der Waals surface area contributed by atoms with E-state index < -0.39 is 0 Å². The molecular formula is C29H32N4O2. The maximum absolute atomic E-state index is 13.2. The Morgan fingerprint density at radius 1 is 0.886 bits per heavy atom. The van der Waals surface area contributed by atoms with Crippen molar-refractivity contribution in [1.29, 1.82) is 0 Å². The Kier molecular flexibility index (Phi) is 8.17. The van der Waals surface area contributed by atoms with Crippen LogP contribution in [0.3, 0.4) is 0 Å². The van der Waals surface area contributed by atoms with Gasteiger partial charge < -0.3 is 16.4 Å². The third kappa shape index (κ3) is 6.96. The lowest BCUT2D eigenvalue weighted by molar-refractivity contribution is -0.111. The average molecular weight is 469 g/mol. The lowest BCUT2D eigenvalue weighted by Crippen LogP contribution is -2.45. The first kappa shape index (κ1) is 24.1. The summed E-state index contributed by atoms with van der Waals surface area (Å²) in [4.78, 5) is 27.2. The molecule has 1 saturated carbocycles. The van der Waals surface area contributed by atoms with E-state index in [1.165, 1.54) is 25.3 Å². The minimum absolute atomic E-state index is 0.0658. The number of rotatable bonds is 7. The van der Waals surface area contributed by atoms with Gasteiger partial charge in [-0.25, -0.2) is 4.79 Å². The van der Waals surface area contributed by atoms with Crippen LogP contribution in [-0.4, -0.2) is 18.0 Å². The number of anilines is 3. The van der Waals surface area contributed by atoms with Crippen LogP contribution in [0.1, 0.15) is 43.2 Å². The highest BCUT2D eigenvalue weighted by molar-refractivity contribution is 6.03. The van der Waals surface area contributed by atoms with Gasteiger partial charge in [0, 0.05) is 17.8 Å². The zero-order valence-corrected chi connectivity index (χ0v) is 19.8. The normalized spacial score (nSPS) is 13.9. The Balaban J connectivity index is 1.40. The van der Waals surface area contributed by atoms with Gasteiger partial charge in [0.05, 0.1) is 17.9 Å². The van der Waals surface area contributed by atoms with Gasteiger partial charge in [0.25, 0.3) is 0 Å². The molecule has 0 bridgehead atoms. The average Bonchev–Trinajstić information content (AvgIpc) is 2.89. The Labute approximate surface area is 206 Å². The molecule has 0 atom stereocenters. The van der Waals surface area contributed by atoms with Crippen molar-refractivity contribution in [3.63, 3.8) is 0 Å². The molecule has 35 heavy (non-hydrogen) atoms. The molecule has 1 aliphatic rings.